The van der Waals surface area contributed by atoms with Gasteiger partial charge in [-0.05, 0) is 87.0 Å². The Morgan fingerprint density at radius 1 is 0.250 bits per heavy atom. The Morgan fingerprint density at radius 3 is 1.40 bits per heavy atom. The lowest BCUT2D eigenvalue weighted by Crippen LogP contribution is -2.00. The highest BCUT2D eigenvalue weighted by molar-refractivity contribution is 6.11. The van der Waals surface area contributed by atoms with Crippen molar-refractivity contribution in [3.05, 3.63) is 231 Å². The van der Waals surface area contributed by atoms with Gasteiger partial charge in [0, 0.05) is 33.3 Å². The average Bonchev–Trinajstić information content (AvgIpc) is 3.93. The predicted octanol–water partition coefficient (Wildman–Crippen LogP) is 14.4. The first kappa shape index (κ1) is 35.1. The van der Waals surface area contributed by atoms with Crippen LogP contribution in [-0.4, -0.2) is 19.3 Å². The van der Waals surface area contributed by atoms with Gasteiger partial charge in [-0.1, -0.05) is 188 Å². The number of hydrogen-bond acceptors (Lipinski definition) is 2. The van der Waals surface area contributed by atoms with Gasteiger partial charge in [0.05, 0.1) is 11.0 Å². The molecule has 4 nitrogen and oxygen atoms in total. The molecule has 2 heterocycles. The van der Waals surface area contributed by atoms with E-state index in [9.17, 15) is 0 Å². The van der Waals surface area contributed by atoms with Crippen LogP contribution >= 0.6 is 0 Å². The predicted molar refractivity (Wildman–Crippen MR) is 248 cm³/mol. The zero-order valence-corrected chi connectivity index (χ0v) is 32.7. The first-order valence-electron chi connectivity index (χ1n) is 20.3. The Hall–Kier alpha value is -8.08. The standard InChI is InChI=1S/C56H38N4/c1-4-17-39(18-5-1)43-21-16-24-46(37-43)59-53-30-15-14-29-51(53)52-38-44(35-36-54(52)59)48-26-11-13-28-50(48)49-27-12-10-25-47(49)40-31-33-42(34-32-40)56-58-57-55(41-19-6-2-7-20-41)60(56)45-22-8-3-9-23-45/h1-38H. The van der Waals surface area contributed by atoms with Crippen molar-refractivity contribution in [2.24, 2.45) is 0 Å². The van der Waals surface area contributed by atoms with Crippen LogP contribution in [0.3, 0.4) is 0 Å². The Bertz CT molecular complexity index is 3290. The van der Waals surface area contributed by atoms with Gasteiger partial charge in [0.2, 0.25) is 0 Å². The number of aromatic nitrogens is 4. The second-order valence-electron chi connectivity index (χ2n) is 15.1. The van der Waals surface area contributed by atoms with E-state index in [1.807, 2.05) is 36.4 Å². The minimum Gasteiger partial charge on any atom is -0.309 e. The molecule has 0 N–H and O–H groups in total. The molecular weight excluding hydrogens is 729 g/mol. The largest absolute Gasteiger partial charge is 0.309 e. The maximum Gasteiger partial charge on any atom is 0.168 e. The first-order valence-corrected chi connectivity index (χ1v) is 20.3. The van der Waals surface area contributed by atoms with Gasteiger partial charge in [-0.25, -0.2) is 0 Å². The molecule has 0 atom stereocenters. The molecule has 4 heteroatoms. The number of benzene rings is 9. The van der Waals surface area contributed by atoms with E-state index in [4.69, 9.17) is 10.2 Å². The van der Waals surface area contributed by atoms with Crippen LogP contribution in [0.2, 0.25) is 0 Å². The molecule has 0 saturated heterocycles. The van der Waals surface area contributed by atoms with Crippen molar-refractivity contribution in [2.45, 2.75) is 0 Å². The van der Waals surface area contributed by atoms with Crippen LogP contribution in [0, 0.1) is 0 Å². The molecule has 11 rings (SSSR count). The van der Waals surface area contributed by atoms with E-state index in [0.717, 1.165) is 39.7 Å². The molecule has 0 amide bonds. The van der Waals surface area contributed by atoms with Crippen LogP contribution in [0.15, 0.2) is 231 Å². The molecule has 11 aromatic rings. The van der Waals surface area contributed by atoms with Crippen molar-refractivity contribution in [1.29, 1.82) is 0 Å². The van der Waals surface area contributed by atoms with Crippen LogP contribution in [0.5, 0.6) is 0 Å². The highest BCUT2D eigenvalue weighted by Crippen LogP contribution is 2.41. The zero-order valence-electron chi connectivity index (χ0n) is 32.7. The van der Waals surface area contributed by atoms with Crippen LogP contribution in [-0.2, 0) is 0 Å². The monoisotopic (exact) mass is 766 g/mol. The molecule has 0 bridgehead atoms. The Labute approximate surface area is 348 Å². The summed E-state index contributed by atoms with van der Waals surface area (Å²) in [4.78, 5) is 0. The van der Waals surface area contributed by atoms with Crippen molar-refractivity contribution in [3.8, 4) is 78.7 Å². The summed E-state index contributed by atoms with van der Waals surface area (Å²) in [6, 6.07) is 82.0. The van der Waals surface area contributed by atoms with E-state index in [1.165, 1.54) is 60.8 Å². The van der Waals surface area contributed by atoms with E-state index >= 15 is 0 Å². The molecule has 0 saturated carbocycles. The van der Waals surface area contributed by atoms with Crippen molar-refractivity contribution in [1.82, 2.24) is 19.3 Å². The third-order valence-corrected chi connectivity index (χ3v) is 11.5. The summed E-state index contributed by atoms with van der Waals surface area (Å²) in [5.41, 5.74) is 16.0. The van der Waals surface area contributed by atoms with Crippen LogP contribution in [0.25, 0.3) is 100 Å². The number of para-hydroxylation sites is 2. The van der Waals surface area contributed by atoms with Gasteiger partial charge in [-0.3, -0.25) is 4.57 Å². The van der Waals surface area contributed by atoms with E-state index < -0.39 is 0 Å². The number of nitrogens with zero attached hydrogens (tertiary/aromatic N) is 4. The maximum absolute atomic E-state index is 4.74. The fraction of sp³-hybridized carbons (Fsp3) is 0. The Morgan fingerprint density at radius 2 is 0.717 bits per heavy atom. The summed E-state index contributed by atoms with van der Waals surface area (Å²) < 4.78 is 4.54. The van der Waals surface area contributed by atoms with Crippen molar-refractivity contribution < 1.29 is 0 Å². The highest BCUT2D eigenvalue weighted by Gasteiger charge is 2.19. The molecule has 0 aliphatic heterocycles. The lowest BCUT2D eigenvalue weighted by atomic mass is 9.89. The van der Waals surface area contributed by atoms with E-state index in [1.54, 1.807) is 0 Å². The van der Waals surface area contributed by atoms with Crippen molar-refractivity contribution in [2.75, 3.05) is 0 Å². The van der Waals surface area contributed by atoms with Gasteiger partial charge in [0.25, 0.3) is 0 Å². The van der Waals surface area contributed by atoms with E-state index in [-0.39, 0.29) is 0 Å². The summed E-state index contributed by atoms with van der Waals surface area (Å²) in [5.74, 6) is 1.61. The fourth-order valence-electron chi connectivity index (χ4n) is 8.68. The normalized spacial score (nSPS) is 11.3. The third-order valence-electron chi connectivity index (χ3n) is 11.5. The fourth-order valence-corrected chi connectivity index (χ4v) is 8.68. The molecule has 0 aliphatic rings. The van der Waals surface area contributed by atoms with Crippen LogP contribution < -0.4 is 0 Å². The second kappa shape index (κ2) is 15.0. The van der Waals surface area contributed by atoms with E-state index in [2.05, 4.69) is 203 Å². The number of hydrogen-bond donors (Lipinski definition) is 0. The lowest BCUT2D eigenvalue weighted by Gasteiger charge is -2.16. The topological polar surface area (TPSA) is 35.6 Å². The molecule has 0 spiro atoms. The van der Waals surface area contributed by atoms with Gasteiger partial charge < -0.3 is 4.57 Å². The molecule has 282 valence electrons. The Balaban J connectivity index is 0.986. The zero-order chi connectivity index (χ0) is 39.8. The lowest BCUT2D eigenvalue weighted by molar-refractivity contribution is 1.07. The van der Waals surface area contributed by atoms with Crippen molar-refractivity contribution >= 4 is 21.8 Å². The molecule has 0 radical (unpaired) electrons. The molecule has 9 aromatic carbocycles. The second-order valence-corrected chi connectivity index (χ2v) is 15.1. The third kappa shape index (κ3) is 6.19. The quantitative estimate of drug-likeness (QED) is 0.154. The SMILES string of the molecule is c1ccc(-c2cccc(-n3c4ccccc4c4cc(-c5ccccc5-c5ccccc5-c5ccc(-c6nnc(-c7ccccc7)n6-c6ccccc6)cc5)ccc43)c2)cc1. The van der Waals surface area contributed by atoms with E-state index in [0.29, 0.717) is 0 Å². The number of fused-ring (bicyclic) bond motifs is 3. The number of rotatable bonds is 8. The Kier molecular flexibility index (Phi) is 8.79. The molecular formula is C56H38N4. The molecule has 0 aliphatic carbocycles. The van der Waals surface area contributed by atoms with Crippen LogP contribution in [0.4, 0.5) is 0 Å². The molecule has 2 aromatic heterocycles. The summed E-state index contributed by atoms with van der Waals surface area (Å²) in [6.07, 6.45) is 0. The minimum atomic E-state index is 0.797. The minimum absolute atomic E-state index is 0.797. The summed E-state index contributed by atoms with van der Waals surface area (Å²) in [7, 11) is 0. The van der Waals surface area contributed by atoms with Crippen LogP contribution in [0.1, 0.15) is 0 Å². The average molecular weight is 767 g/mol. The van der Waals surface area contributed by atoms with Gasteiger partial charge in [0.15, 0.2) is 11.6 Å². The van der Waals surface area contributed by atoms with Gasteiger partial charge in [-0.15, -0.1) is 10.2 Å². The molecule has 0 unspecified atom stereocenters. The summed E-state index contributed by atoms with van der Waals surface area (Å²) in [5, 5.41) is 11.9. The van der Waals surface area contributed by atoms with Gasteiger partial charge in [-0.2, -0.15) is 0 Å². The van der Waals surface area contributed by atoms with Gasteiger partial charge in [0.1, 0.15) is 0 Å². The van der Waals surface area contributed by atoms with Crippen molar-refractivity contribution in [3.63, 3.8) is 0 Å². The van der Waals surface area contributed by atoms with Gasteiger partial charge >= 0.3 is 0 Å². The first-order chi connectivity index (χ1) is 29.8. The maximum atomic E-state index is 4.74. The summed E-state index contributed by atoms with van der Waals surface area (Å²) >= 11 is 0. The smallest absolute Gasteiger partial charge is 0.168 e. The summed E-state index contributed by atoms with van der Waals surface area (Å²) in [6.45, 7) is 0. The molecule has 0 fully saturated rings. The molecule has 60 heavy (non-hydrogen) atoms. The highest BCUT2D eigenvalue weighted by atomic mass is 15.3.